The second kappa shape index (κ2) is 7.99. The molecule has 1 N–H and O–H groups in total. The highest BCUT2D eigenvalue weighted by Gasteiger charge is 2.24. The van der Waals surface area contributed by atoms with Gasteiger partial charge in [-0.3, -0.25) is 9.69 Å². The van der Waals surface area contributed by atoms with Gasteiger partial charge in [-0.1, -0.05) is 6.92 Å². The first-order valence-corrected chi connectivity index (χ1v) is 8.43. The molecule has 0 aliphatic carbocycles. The number of carbonyl (C=O) groups excluding carboxylic acids is 1. The van der Waals surface area contributed by atoms with Gasteiger partial charge in [0.05, 0.1) is 0 Å². The molecule has 0 spiro atoms. The summed E-state index contributed by atoms with van der Waals surface area (Å²) < 4.78 is 0. The number of nitrogens with zero attached hydrogens (tertiary/aromatic N) is 2. The zero-order valence-electron chi connectivity index (χ0n) is 13.2. The third kappa shape index (κ3) is 4.45. The minimum Gasteiger partial charge on any atom is -0.340 e. The maximum atomic E-state index is 12.3. The molecule has 0 aromatic rings. The van der Waals surface area contributed by atoms with Crippen molar-refractivity contribution in [2.45, 2.75) is 52.0 Å². The van der Waals surface area contributed by atoms with Crippen LogP contribution in [0.4, 0.5) is 0 Å². The van der Waals surface area contributed by atoms with Crippen molar-refractivity contribution < 1.29 is 4.79 Å². The predicted octanol–water partition coefficient (Wildman–Crippen LogP) is 1.71. The quantitative estimate of drug-likeness (QED) is 0.833. The van der Waals surface area contributed by atoms with Crippen molar-refractivity contribution >= 4 is 5.91 Å². The van der Waals surface area contributed by atoms with Crippen molar-refractivity contribution in [3.63, 3.8) is 0 Å². The highest BCUT2D eigenvalue weighted by Crippen LogP contribution is 2.17. The van der Waals surface area contributed by atoms with Gasteiger partial charge in [0, 0.05) is 38.6 Å². The van der Waals surface area contributed by atoms with E-state index in [0.29, 0.717) is 17.9 Å². The van der Waals surface area contributed by atoms with E-state index in [0.717, 1.165) is 52.1 Å². The van der Waals surface area contributed by atoms with Gasteiger partial charge < -0.3 is 10.2 Å². The molecule has 2 fully saturated rings. The van der Waals surface area contributed by atoms with Crippen molar-refractivity contribution in [2.75, 3.05) is 39.3 Å². The van der Waals surface area contributed by atoms with Crippen LogP contribution in [0, 0.1) is 5.92 Å². The maximum Gasteiger partial charge on any atom is 0.222 e. The summed E-state index contributed by atoms with van der Waals surface area (Å²) in [6, 6.07) is 0.653. The molecular formula is C16H31N3O. The van der Waals surface area contributed by atoms with Gasteiger partial charge in [-0.05, 0) is 51.6 Å². The zero-order chi connectivity index (χ0) is 14.4. The van der Waals surface area contributed by atoms with E-state index in [-0.39, 0.29) is 0 Å². The first-order chi connectivity index (χ1) is 9.70. The average molecular weight is 281 g/mol. The zero-order valence-corrected chi connectivity index (χ0v) is 13.2. The number of piperazine rings is 1. The van der Waals surface area contributed by atoms with Gasteiger partial charge in [-0.2, -0.15) is 0 Å². The van der Waals surface area contributed by atoms with E-state index in [1.54, 1.807) is 0 Å². The van der Waals surface area contributed by atoms with Crippen molar-refractivity contribution in [1.29, 1.82) is 0 Å². The molecule has 0 bridgehead atoms. The lowest BCUT2D eigenvalue weighted by molar-refractivity contribution is -0.133. The Morgan fingerprint density at radius 3 is 2.65 bits per heavy atom. The van der Waals surface area contributed by atoms with Crippen LogP contribution >= 0.6 is 0 Å². The minimum atomic E-state index is 0.374. The first-order valence-electron chi connectivity index (χ1n) is 8.43. The molecule has 4 nitrogen and oxygen atoms in total. The number of rotatable bonds is 5. The molecule has 2 saturated heterocycles. The lowest BCUT2D eigenvalue weighted by atomic mass is 9.94. The van der Waals surface area contributed by atoms with Gasteiger partial charge in [-0.15, -0.1) is 0 Å². The molecule has 2 aliphatic heterocycles. The smallest absolute Gasteiger partial charge is 0.222 e. The fourth-order valence-electron chi connectivity index (χ4n) is 3.33. The number of hydrogen-bond acceptors (Lipinski definition) is 3. The van der Waals surface area contributed by atoms with Crippen molar-refractivity contribution in [3.8, 4) is 0 Å². The van der Waals surface area contributed by atoms with E-state index < -0.39 is 0 Å². The van der Waals surface area contributed by atoms with E-state index in [1.807, 2.05) is 0 Å². The SMILES string of the molecule is CCC(C)N1CCN(C(=O)CCC2CCCNC2)CC1. The Bertz CT molecular complexity index is 294. The monoisotopic (exact) mass is 281 g/mol. The van der Waals surface area contributed by atoms with Crippen molar-refractivity contribution in [2.24, 2.45) is 5.92 Å². The van der Waals surface area contributed by atoms with E-state index in [9.17, 15) is 4.79 Å². The van der Waals surface area contributed by atoms with Gasteiger partial charge in [0.2, 0.25) is 5.91 Å². The Hall–Kier alpha value is -0.610. The van der Waals surface area contributed by atoms with Crippen LogP contribution in [-0.2, 0) is 4.79 Å². The summed E-state index contributed by atoms with van der Waals surface area (Å²) in [5.74, 6) is 1.09. The fourth-order valence-corrected chi connectivity index (χ4v) is 3.33. The van der Waals surface area contributed by atoms with E-state index in [4.69, 9.17) is 0 Å². The molecule has 116 valence electrons. The number of amides is 1. The van der Waals surface area contributed by atoms with Crippen LogP contribution < -0.4 is 5.32 Å². The van der Waals surface area contributed by atoms with Crippen LogP contribution in [0.1, 0.15) is 46.0 Å². The van der Waals surface area contributed by atoms with E-state index in [1.165, 1.54) is 19.3 Å². The Labute approximate surface area is 123 Å². The molecule has 2 aliphatic rings. The van der Waals surface area contributed by atoms with Crippen LogP contribution in [0.25, 0.3) is 0 Å². The molecule has 0 aromatic heterocycles. The normalized spacial score (nSPS) is 26.5. The number of piperidine rings is 1. The van der Waals surface area contributed by atoms with Gasteiger partial charge in [0.25, 0.3) is 0 Å². The molecule has 2 heterocycles. The highest BCUT2D eigenvalue weighted by molar-refractivity contribution is 5.76. The average Bonchev–Trinajstić information content (AvgIpc) is 2.53. The molecule has 0 saturated carbocycles. The molecule has 2 rings (SSSR count). The molecule has 0 aromatic carbocycles. The topological polar surface area (TPSA) is 35.6 Å². The Balaban J connectivity index is 1.66. The maximum absolute atomic E-state index is 12.3. The second-order valence-electron chi connectivity index (χ2n) is 6.43. The van der Waals surface area contributed by atoms with Gasteiger partial charge in [0.1, 0.15) is 0 Å². The third-order valence-corrected chi connectivity index (χ3v) is 5.05. The van der Waals surface area contributed by atoms with Crippen molar-refractivity contribution in [1.82, 2.24) is 15.1 Å². The van der Waals surface area contributed by atoms with Crippen LogP contribution in [0.15, 0.2) is 0 Å². The van der Waals surface area contributed by atoms with Crippen LogP contribution in [0.5, 0.6) is 0 Å². The summed E-state index contributed by atoms with van der Waals surface area (Å²) in [5.41, 5.74) is 0. The molecule has 0 radical (unpaired) electrons. The van der Waals surface area contributed by atoms with Gasteiger partial charge >= 0.3 is 0 Å². The summed E-state index contributed by atoms with van der Waals surface area (Å²) >= 11 is 0. The summed E-state index contributed by atoms with van der Waals surface area (Å²) in [5, 5.41) is 3.43. The molecule has 20 heavy (non-hydrogen) atoms. The van der Waals surface area contributed by atoms with Gasteiger partial charge in [-0.25, -0.2) is 0 Å². The lowest BCUT2D eigenvalue weighted by Crippen LogP contribution is -2.51. The number of nitrogens with one attached hydrogen (secondary N) is 1. The predicted molar refractivity (Wildman–Crippen MR) is 82.7 cm³/mol. The number of carbonyl (C=O) groups is 1. The van der Waals surface area contributed by atoms with Crippen molar-refractivity contribution in [3.05, 3.63) is 0 Å². The lowest BCUT2D eigenvalue weighted by Gasteiger charge is -2.38. The number of hydrogen-bond donors (Lipinski definition) is 1. The van der Waals surface area contributed by atoms with Crippen LogP contribution in [0.2, 0.25) is 0 Å². The fraction of sp³-hybridized carbons (Fsp3) is 0.938. The Kier molecular flexibility index (Phi) is 6.30. The molecule has 2 atom stereocenters. The summed E-state index contributed by atoms with van der Waals surface area (Å²) in [7, 11) is 0. The van der Waals surface area contributed by atoms with Gasteiger partial charge in [0.15, 0.2) is 0 Å². The van der Waals surface area contributed by atoms with E-state index >= 15 is 0 Å². The highest BCUT2D eigenvalue weighted by atomic mass is 16.2. The summed E-state index contributed by atoms with van der Waals surface area (Å²) in [6.45, 7) is 10.7. The Morgan fingerprint density at radius 1 is 1.30 bits per heavy atom. The first kappa shape index (κ1) is 15.8. The van der Waals surface area contributed by atoms with Crippen LogP contribution in [-0.4, -0.2) is 61.0 Å². The summed E-state index contributed by atoms with van der Waals surface area (Å²) in [4.78, 5) is 16.9. The standard InChI is InChI=1S/C16H31N3O/c1-3-14(2)18-9-11-19(12-10-18)16(20)7-6-15-5-4-8-17-13-15/h14-15,17H,3-13H2,1-2H3. The third-order valence-electron chi connectivity index (χ3n) is 5.05. The molecule has 1 amide bonds. The Morgan fingerprint density at radius 2 is 2.05 bits per heavy atom. The summed E-state index contributed by atoms with van der Waals surface area (Å²) in [6.07, 6.45) is 5.57. The molecule has 2 unspecified atom stereocenters. The molecule has 4 heteroatoms. The molecular weight excluding hydrogens is 250 g/mol. The van der Waals surface area contributed by atoms with Crippen LogP contribution in [0.3, 0.4) is 0 Å². The largest absolute Gasteiger partial charge is 0.340 e. The second-order valence-corrected chi connectivity index (χ2v) is 6.43. The minimum absolute atomic E-state index is 0.374. The van der Waals surface area contributed by atoms with E-state index in [2.05, 4.69) is 29.0 Å².